The molecule has 0 unspecified atom stereocenters. The van der Waals surface area contributed by atoms with E-state index in [4.69, 9.17) is 9.15 Å². The lowest BCUT2D eigenvalue weighted by Crippen LogP contribution is -2.50. The number of esters is 1. The zero-order valence-corrected chi connectivity index (χ0v) is 14.5. The summed E-state index contributed by atoms with van der Waals surface area (Å²) < 4.78 is 24.1. The predicted octanol–water partition coefficient (Wildman–Crippen LogP) is 2.87. The Kier molecular flexibility index (Phi) is 5.90. The molecule has 1 amide bonds. The van der Waals surface area contributed by atoms with Crippen LogP contribution in [0, 0.1) is 5.82 Å². The highest BCUT2D eigenvalue weighted by atomic mass is 19.1. The van der Waals surface area contributed by atoms with Gasteiger partial charge in [0.15, 0.2) is 11.7 Å². The summed E-state index contributed by atoms with van der Waals surface area (Å²) in [4.78, 5) is 27.8. The van der Waals surface area contributed by atoms with Crippen molar-refractivity contribution < 1.29 is 23.1 Å². The van der Waals surface area contributed by atoms with Crippen LogP contribution in [0.15, 0.2) is 34.9 Å². The topological polar surface area (TPSA) is 81.4 Å². The van der Waals surface area contributed by atoms with Crippen LogP contribution in [0.2, 0.25) is 0 Å². The van der Waals surface area contributed by atoms with Crippen LogP contribution in [0.25, 0.3) is 11.3 Å². The van der Waals surface area contributed by atoms with Gasteiger partial charge in [0.25, 0.3) is 0 Å². The number of nitrogens with zero attached hydrogens (tertiary/aromatic N) is 1. The molecule has 0 aliphatic carbocycles. The van der Waals surface area contributed by atoms with E-state index in [1.807, 2.05) is 0 Å². The fourth-order valence-corrected chi connectivity index (χ4v) is 2.21. The molecule has 1 N–H and O–H groups in total. The molecule has 1 aromatic heterocycles. The number of carbonyl (C=O) groups is 2. The van der Waals surface area contributed by atoms with Crippen LogP contribution in [0.4, 0.5) is 4.39 Å². The number of hydrogen-bond acceptors (Lipinski definition) is 5. The number of hydrogen-bond donors (Lipinski definition) is 1. The lowest BCUT2D eigenvalue weighted by atomic mass is 10.1. The number of carbonyl (C=O) groups excluding carboxylic acids is 2. The summed E-state index contributed by atoms with van der Waals surface area (Å²) in [6.07, 6.45) is 1.74. The van der Waals surface area contributed by atoms with Crippen LogP contribution >= 0.6 is 0 Å². The molecule has 0 saturated carbocycles. The molecule has 1 heterocycles. The molecule has 0 atom stereocenters. The van der Waals surface area contributed by atoms with Gasteiger partial charge in [-0.15, -0.1) is 0 Å². The Hall–Kier alpha value is -2.70. The highest BCUT2D eigenvalue weighted by molar-refractivity contribution is 5.87. The molecule has 6 nitrogen and oxygen atoms in total. The highest BCUT2D eigenvalue weighted by Crippen LogP contribution is 2.23. The molecule has 134 valence electrons. The Morgan fingerprint density at radius 2 is 2.04 bits per heavy atom. The summed E-state index contributed by atoms with van der Waals surface area (Å²) in [6, 6.07) is 6.22. The highest BCUT2D eigenvalue weighted by Gasteiger charge is 2.30. The van der Waals surface area contributed by atoms with Gasteiger partial charge in [-0.1, -0.05) is 12.1 Å². The van der Waals surface area contributed by atoms with Crippen molar-refractivity contribution in [2.45, 2.75) is 39.2 Å². The van der Waals surface area contributed by atoms with E-state index in [1.165, 1.54) is 12.3 Å². The van der Waals surface area contributed by atoms with Gasteiger partial charge in [-0.3, -0.25) is 4.79 Å². The number of benzene rings is 1. The molecule has 0 saturated heterocycles. The van der Waals surface area contributed by atoms with E-state index >= 15 is 0 Å². The predicted molar refractivity (Wildman–Crippen MR) is 89.1 cm³/mol. The second-order valence-corrected chi connectivity index (χ2v) is 5.99. The standard InChI is InChI=1S/C18H21FN2O4/c1-4-24-17(23)18(2,3)21-15(22)9-10-16-20-11-14(25-16)12-7-5-6-8-13(12)19/h5-8,11H,4,9-10H2,1-3H3,(H,21,22). The number of halogens is 1. The molecule has 0 aliphatic rings. The van der Waals surface area contributed by atoms with Crippen molar-refractivity contribution in [1.82, 2.24) is 10.3 Å². The van der Waals surface area contributed by atoms with E-state index in [9.17, 15) is 14.0 Å². The van der Waals surface area contributed by atoms with E-state index in [-0.39, 0.29) is 25.4 Å². The number of rotatable bonds is 7. The summed E-state index contributed by atoms with van der Waals surface area (Å²) in [6.45, 7) is 5.09. The first-order valence-corrected chi connectivity index (χ1v) is 8.01. The third kappa shape index (κ3) is 4.89. The van der Waals surface area contributed by atoms with Crippen LogP contribution in [-0.2, 0) is 20.7 Å². The number of aromatic nitrogens is 1. The van der Waals surface area contributed by atoms with Crippen molar-refractivity contribution >= 4 is 11.9 Å². The molecule has 7 heteroatoms. The van der Waals surface area contributed by atoms with Crippen molar-refractivity contribution in [2.24, 2.45) is 0 Å². The second kappa shape index (κ2) is 7.92. The van der Waals surface area contributed by atoms with Crippen LogP contribution in [0.5, 0.6) is 0 Å². The maximum atomic E-state index is 13.7. The van der Waals surface area contributed by atoms with Gasteiger partial charge < -0.3 is 14.5 Å². The molecule has 0 aliphatic heterocycles. The van der Waals surface area contributed by atoms with Gasteiger partial charge in [-0.25, -0.2) is 14.2 Å². The monoisotopic (exact) mass is 348 g/mol. The SMILES string of the molecule is CCOC(=O)C(C)(C)NC(=O)CCc1ncc(-c2ccccc2F)o1. The summed E-state index contributed by atoms with van der Waals surface area (Å²) in [7, 11) is 0. The van der Waals surface area contributed by atoms with Crippen LogP contribution in [-0.4, -0.2) is 29.0 Å². The fourth-order valence-electron chi connectivity index (χ4n) is 2.21. The molecular formula is C18H21FN2O4. The minimum atomic E-state index is -1.11. The third-order valence-electron chi connectivity index (χ3n) is 3.50. The Balaban J connectivity index is 1.93. The minimum absolute atomic E-state index is 0.0834. The molecule has 2 aromatic rings. The largest absolute Gasteiger partial charge is 0.464 e. The fraction of sp³-hybridized carbons (Fsp3) is 0.389. The molecule has 25 heavy (non-hydrogen) atoms. The first kappa shape index (κ1) is 18.6. The average molecular weight is 348 g/mol. The van der Waals surface area contributed by atoms with Crippen LogP contribution in [0.3, 0.4) is 0 Å². The zero-order valence-electron chi connectivity index (χ0n) is 14.5. The van der Waals surface area contributed by atoms with E-state index in [0.29, 0.717) is 17.2 Å². The number of oxazole rings is 1. The third-order valence-corrected chi connectivity index (χ3v) is 3.50. The van der Waals surface area contributed by atoms with Crippen molar-refractivity contribution in [1.29, 1.82) is 0 Å². The Morgan fingerprint density at radius 3 is 2.72 bits per heavy atom. The van der Waals surface area contributed by atoms with Gasteiger partial charge in [0, 0.05) is 12.8 Å². The number of amides is 1. The van der Waals surface area contributed by atoms with Crippen molar-refractivity contribution in [2.75, 3.05) is 6.61 Å². The maximum absolute atomic E-state index is 13.7. The Bertz CT molecular complexity index is 755. The summed E-state index contributed by atoms with van der Waals surface area (Å²) >= 11 is 0. The van der Waals surface area contributed by atoms with Gasteiger partial charge in [0.1, 0.15) is 11.4 Å². The number of aryl methyl sites for hydroxylation is 1. The van der Waals surface area contributed by atoms with Gasteiger partial charge in [0.05, 0.1) is 18.4 Å². The van der Waals surface area contributed by atoms with E-state index < -0.39 is 17.3 Å². The molecule has 0 radical (unpaired) electrons. The Labute approximate surface area is 145 Å². The molecule has 0 spiro atoms. The lowest BCUT2D eigenvalue weighted by Gasteiger charge is -2.23. The molecule has 1 aromatic carbocycles. The van der Waals surface area contributed by atoms with Crippen LogP contribution < -0.4 is 5.32 Å². The summed E-state index contributed by atoms with van der Waals surface area (Å²) in [5.74, 6) is -0.605. The van der Waals surface area contributed by atoms with Crippen molar-refractivity contribution in [3.63, 3.8) is 0 Å². The molecule has 0 fully saturated rings. The van der Waals surface area contributed by atoms with Crippen molar-refractivity contribution in [3.05, 3.63) is 42.2 Å². The van der Waals surface area contributed by atoms with E-state index in [2.05, 4.69) is 10.3 Å². The molecular weight excluding hydrogens is 327 g/mol. The quantitative estimate of drug-likeness (QED) is 0.778. The minimum Gasteiger partial charge on any atom is -0.464 e. The lowest BCUT2D eigenvalue weighted by molar-refractivity contribution is -0.151. The van der Waals surface area contributed by atoms with E-state index in [0.717, 1.165) is 0 Å². The summed E-state index contributed by atoms with van der Waals surface area (Å²) in [5.41, 5.74) is -0.795. The van der Waals surface area contributed by atoms with Gasteiger partial charge in [-0.2, -0.15) is 0 Å². The molecule has 2 rings (SSSR count). The van der Waals surface area contributed by atoms with Crippen LogP contribution in [0.1, 0.15) is 33.1 Å². The first-order valence-electron chi connectivity index (χ1n) is 8.01. The second-order valence-electron chi connectivity index (χ2n) is 5.99. The zero-order chi connectivity index (χ0) is 18.4. The normalized spacial score (nSPS) is 11.2. The van der Waals surface area contributed by atoms with Gasteiger partial charge in [-0.05, 0) is 32.9 Å². The smallest absolute Gasteiger partial charge is 0.331 e. The first-order chi connectivity index (χ1) is 11.8. The molecule has 0 bridgehead atoms. The summed E-state index contributed by atoms with van der Waals surface area (Å²) in [5, 5.41) is 2.62. The number of ether oxygens (including phenoxy) is 1. The van der Waals surface area contributed by atoms with Crippen molar-refractivity contribution in [3.8, 4) is 11.3 Å². The Morgan fingerprint density at radius 1 is 1.32 bits per heavy atom. The van der Waals surface area contributed by atoms with Gasteiger partial charge in [0.2, 0.25) is 5.91 Å². The van der Waals surface area contributed by atoms with Gasteiger partial charge >= 0.3 is 5.97 Å². The maximum Gasteiger partial charge on any atom is 0.331 e. The van der Waals surface area contributed by atoms with E-state index in [1.54, 1.807) is 39.0 Å². The average Bonchev–Trinajstić information content (AvgIpc) is 3.02. The number of nitrogens with one attached hydrogen (secondary N) is 1.